The van der Waals surface area contributed by atoms with Gasteiger partial charge in [-0.05, 0) is 27.7 Å². The quantitative estimate of drug-likeness (QED) is 0.670. The molecular weight excluding hydrogens is 172 g/mol. The molecule has 0 spiro atoms. The van der Waals surface area contributed by atoms with Crippen LogP contribution in [0.5, 0.6) is 0 Å². The molecule has 1 aliphatic rings. The van der Waals surface area contributed by atoms with E-state index in [2.05, 4.69) is 42.8 Å². The van der Waals surface area contributed by atoms with Crippen LogP contribution in [0.15, 0.2) is 0 Å². The fourth-order valence-corrected chi connectivity index (χ4v) is 1.90. The molecule has 0 amide bonds. The summed E-state index contributed by atoms with van der Waals surface area (Å²) in [6.07, 6.45) is 0.997. The lowest BCUT2D eigenvalue weighted by molar-refractivity contribution is 0.107. The average Bonchev–Trinajstić information content (AvgIpc) is 2.11. The molecule has 0 aromatic rings. The van der Waals surface area contributed by atoms with Crippen LogP contribution < -0.4 is 5.32 Å². The zero-order valence-electron chi connectivity index (χ0n) is 9.85. The summed E-state index contributed by atoms with van der Waals surface area (Å²) in [4.78, 5) is 2.53. The smallest absolute Gasteiger partial charge is 0.0252 e. The Labute approximate surface area is 88.1 Å². The number of piperazine rings is 1. The van der Waals surface area contributed by atoms with Crippen molar-refractivity contribution >= 4 is 0 Å². The van der Waals surface area contributed by atoms with Crippen molar-refractivity contribution in [3.8, 4) is 11.8 Å². The molecule has 1 saturated heterocycles. The van der Waals surface area contributed by atoms with E-state index in [-0.39, 0.29) is 5.54 Å². The molecule has 0 aromatic carbocycles. The minimum atomic E-state index is 0.256. The van der Waals surface area contributed by atoms with Gasteiger partial charge in [-0.1, -0.05) is 0 Å². The van der Waals surface area contributed by atoms with E-state index in [0.717, 1.165) is 26.1 Å². The highest BCUT2D eigenvalue weighted by atomic mass is 15.2. The molecule has 1 fully saturated rings. The standard InChI is InChI=1S/C12H22N2/c1-5-6-7-8-14-10-12(3,4)13-9-11(14)2/h11,13H,7-10H2,1-4H3. The predicted octanol–water partition coefficient (Wildman–Crippen LogP) is 1.47. The fourth-order valence-electron chi connectivity index (χ4n) is 1.90. The highest BCUT2D eigenvalue weighted by Gasteiger charge is 2.29. The molecule has 0 aromatic heterocycles. The van der Waals surface area contributed by atoms with Crippen molar-refractivity contribution in [1.29, 1.82) is 0 Å². The van der Waals surface area contributed by atoms with Crippen LogP contribution in [-0.4, -0.2) is 36.1 Å². The van der Waals surface area contributed by atoms with Gasteiger partial charge in [0.05, 0.1) is 0 Å². The molecule has 1 rings (SSSR count). The lowest BCUT2D eigenvalue weighted by atomic mass is 9.99. The zero-order chi connectivity index (χ0) is 10.6. The van der Waals surface area contributed by atoms with Gasteiger partial charge in [-0.2, -0.15) is 0 Å². The van der Waals surface area contributed by atoms with E-state index in [1.165, 1.54) is 0 Å². The first-order valence-corrected chi connectivity index (χ1v) is 5.44. The third kappa shape index (κ3) is 3.32. The van der Waals surface area contributed by atoms with E-state index in [1.807, 2.05) is 6.92 Å². The van der Waals surface area contributed by atoms with Crippen molar-refractivity contribution in [3.05, 3.63) is 0 Å². The normalized spacial score (nSPS) is 26.7. The van der Waals surface area contributed by atoms with Gasteiger partial charge in [-0.25, -0.2) is 0 Å². The minimum absolute atomic E-state index is 0.256. The lowest BCUT2D eigenvalue weighted by Gasteiger charge is -2.43. The summed E-state index contributed by atoms with van der Waals surface area (Å²) >= 11 is 0. The van der Waals surface area contributed by atoms with E-state index >= 15 is 0 Å². The van der Waals surface area contributed by atoms with Crippen LogP contribution >= 0.6 is 0 Å². The second-order valence-electron chi connectivity index (χ2n) is 4.76. The average molecular weight is 194 g/mol. The van der Waals surface area contributed by atoms with E-state index in [1.54, 1.807) is 0 Å². The molecule has 2 nitrogen and oxygen atoms in total. The van der Waals surface area contributed by atoms with Gasteiger partial charge in [0.1, 0.15) is 0 Å². The van der Waals surface area contributed by atoms with Gasteiger partial charge in [0, 0.05) is 37.6 Å². The molecule has 0 saturated carbocycles. The molecular formula is C12H22N2. The fraction of sp³-hybridized carbons (Fsp3) is 0.833. The van der Waals surface area contributed by atoms with E-state index in [9.17, 15) is 0 Å². The Bertz CT molecular complexity index is 234. The highest BCUT2D eigenvalue weighted by molar-refractivity contribution is 4.97. The SMILES string of the molecule is CC#CCCN1CC(C)(C)NCC1C. The summed E-state index contributed by atoms with van der Waals surface area (Å²) in [5, 5.41) is 3.55. The second kappa shape index (κ2) is 4.82. The maximum absolute atomic E-state index is 3.55. The summed E-state index contributed by atoms with van der Waals surface area (Å²) in [7, 11) is 0. The molecule has 1 N–H and O–H groups in total. The molecule has 0 radical (unpaired) electrons. The number of hydrogen-bond donors (Lipinski definition) is 1. The summed E-state index contributed by atoms with van der Waals surface area (Å²) < 4.78 is 0. The highest BCUT2D eigenvalue weighted by Crippen LogP contribution is 2.14. The third-order valence-corrected chi connectivity index (χ3v) is 2.80. The molecule has 80 valence electrons. The van der Waals surface area contributed by atoms with Gasteiger partial charge in [0.25, 0.3) is 0 Å². The van der Waals surface area contributed by atoms with Crippen LogP contribution in [0.1, 0.15) is 34.1 Å². The third-order valence-electron chi connectivity index (χ3n) is 2.80. The van der Waals surface area contributed by atoms with E-state index in [4.69, 9.17) is 0 Å². The van der Waals surface area contributed by atoms with Crippen molar-refractivity contribution in [2.75, 3.05) is 19.6 Å². The van der Waals surface area contributed by atoms with Crippen LogP contribution in [0.2, 0.25) is 0 Å². The Morgan fingerprint density at radius 3 is 2.86 bits per heavy atom. The number of hydrogen-bond acceptors (Lipinski definition) is 2. The van der Waals surface area contributed by atoms with Gasteiger partial charge in [0.2, 0.25) is 0 Å². The van der Waals surface area contributed by atoms with Crippen molar-refractivity contribution in [2.45, 2.75) is 45.7 Å². The molecule has 2 heteroatoms. The minimum Gasteiger partial charge on any atom is -0.309 e. The summed E-state index contributed by atoms with van der Waals surface area (Å²) in [5.41, 5.74) is 0.256. The van der Waals surface area contributed by atoms with Gasteiger partial charge in [-0.3, -0.25) is 4.90 Å². The Hall–Kier alpha value is -0.520. The Morgan fingerprint density at radius 1 is 1.50 bits per heavy atom. The molecule has 0 bridgehead atoms. The van der Waals surface area contributed by atoms with Gasteiger partial charge in [-0.15, -0.1) is 11.8 Å². The van der Waals surface area contributed by atoms with Crippen LogP contribution in [0.25, 0.3) is 0 Å². The predicted molar refractivity (Wildman–Crippen MR) is 61.2 cm³/mol. The first kappa shape index (κ1) is 11.6. The van der Waals surface area contributed by atoms with Crippen molar-refractivity contribution in [1.82, 2.24) is 10.2 Å². The Morgan fingerprint density at radius 2 is 2.21 bits per heavy atom. The largest absolute Gasteiger partial charge is 0.309 e. The molecule has 1 atom stereocenters. The first-order valence-electron chi connectivity index (χ1n) is 5.44. The molecule has 1 heterocycles. The zero-order valence-corrected chi connectivity index (χ0v) is 9.85. The summed E-state index contributed by atoms with van der Waals surface area (Å²) in [6, 6.07) is 0.640. The molecule has 0 aliphatic carbocycles. The van der Waals surface area contributed by atoms with E-state index in [0.29, 0.717) is 6.04 Å². The second-order valence-corrected chi connectivity index (χ2v) is 4.76. The van der Waals surface area contributed by atoms with Crippen LogP contribution in [0.4, 0.5) is 0 Å². The maximum atomic E-state index is 3.55. The van der Waals surface area contributed by atoms with Gasteiger partial charge < -0.3 is 5.32 Å². The number of rotatable bonds is 2. The molecule has 14 heavy (non-hydrogen) atoms. The topological polar surface area (TPSA) is 15.3 Å². The molecule has 1 aliphatic heterocycles. The van der Waals surface area contributed by atoms with Crippen LogP contribution in [0, 0.1) is 11.8 Å². The number of nitrogens with zero attached hydrogens (tertiary/aromatic N) is 1. The van der Waals surface area contributed by atoms with Crippen LogP contribution in [-0.2, 0) is 0 Å². The summed E-state index contributed by atoms with van der Waals surface area (Å²) in [5.74, 6) is 6.08. The lowest BCUT2D eigenvalue weighted by Crippen LogP contribution is -2.60. The summed E-state index contributed by atoms with van der Waals surface area (Å²) in [6.45, 7) is 12.0. The Balaban J connectivity index is 2.43. The monoisotopic (exact) mass is 194 g/mol. The van der Waals surface area contributed by atoms with Crippen molar-refractivity contribution in [3.63, 3.8) is 0 Å². The van der Waals surface area contributed by atoms with Gasteiger partial charge in [0.15, 0.2) is 0 Å². The molecule has 1 unspecified atom stereocenters. The first-order chi connectivity index (χ1) is 6.55. The van der Waals surface area contributed by atoms with E-state index < -0.39 is 0 Å². The van der Waals surface area contributed by atoms with Crippen molar-refractivity contribution in [2.24, 2.45) is 0 Å². The number of nitrogens with one attached hydrogen (secondary N) is 1. The Kier molecular flexibility index (Phi) is 3.97. The van der Waals surface area contributed by atoms with Crippen LogP contribution in [0.3, 0.4) is 0 Å². The van der Waals surface area contributed by atoms with Gasteiger partial charge >= 0.3 is 0 Å². The van der Waals surface area contributed by atoms with Crippen molar-refractivity contribution < 1.29 is 0 Å². The maximum Gasteiger partial charge on any atom is 0.0252 e.